The van der Waals surface area contributed by atoms with Crippen molar-refractivity contribution in [2.45, 2.75) is 57.9 Å². The van der Waals surface area contributed by atoms with Crippen LogP contribution in [0.15, 0.2) is 6.33 Å². The zero-order valence-electron chi connectivity index (χ0n) is 12.0. The molecule has 2 fully saturated rings. The Morgan fingerprint density at radius 3 is 2.89 bits per heavy atom. The van der Waals surface area contributed by atoms with Crippen molar-refractivity contribution in [2.24, 2.45) is 11.8 Å². The zero-order valence-corrected chi connectivity index (χ0v) is 12.0. The first-order chi connectivity index (χ1) is 9.34. The molecule has 0 spiro atoms. The summed E-state index contributed by atoms with van der Waals surface area (Å²) in [5.74, 6) is 2.73. The molecular weight excluding hydrogens is 236 g/mol. The Kier molecular flexibility index (Phi) is 4.16. The van der Waals surface area contributed by atoms with Crippen molar-refractivity contribution >= 4 is 0 Å². The Balaban J connectivity index is 1.63. The molecule has 1 saturated heterocycles. The standard InChI is InChI=1S/C15H26N4/c1-12(13-5-4-8-16-10-13)9-15-18-17-11-19(15)14-6-2-3-7-14/h11-14,16H,2-10H2,1H3. The van der Waals surface area contributed by atoms with E-state index in [2.05, 4.69) is 27.0 Å². The van der Waals surface area contributed by atoms with E-state index in [1.165, 1.54) is 57.4 Å². The van der Waals surface area contributed by atoms with E-state index in [-0.39, 0.29) is 0 Å². The molecule has 0 aromatic carbocycles. The van der Waals surface area contributed by atoms with Gasteiger partial charge in [0, 0.05) is 12.5 Å². The Hall–Kier alpha value is -0.900. The molecule has 3 rings (SSSR count). The maximum absolute atomic E-state index is 4.39. The smallest absolute Gasteiger partial charge is 0.133 e. The second-order valence-electron chi connectivity index (χ2n) is 6.38. The number of nitrogens with zero attached hydrogens (tertiary/aromatic N) is 3. The van der Waals surface area contributed by atoms with Gasteiger partial charge in [0.25, 0.3) is 0 Å². The fourth-order valence-corrected chi connectivity index (χ4v) is 3.72. The highest BCUT2D eigenvalue weighted by Gasteiger charge is 2.24. The molecule has 1 aromatic heterocycles. The molecule has 0 amide bonds. The lowest BCUT2D eigenvalue weighted by Crippen LogP contribution is -2.34. The molecule has 2 atom stereocenters. The highest BCUT2D eigenvalue weighted by Crippen LogP contribution is 2.31. The molecule has 2 aliphatic rings. The topological polar surface area (TPSA) is 42.7 Å². The summed E-state index contributed by atoms with van der Waals surface area (Å²) >= 11 is 0. The molecule has 1 aliphatic carbocycles. The van der Waals surface area contributed by atoms with Crippen LogP contribution in [0.25, 0.3) is 0 Å². The van der Waals surface area contributed by atoms with Gasteiger partial charge in [-0.1, -0.05) is 19.8 Å². The second kappa shape index (κ2) is 6.04. The predicted octanol–water partition coefficient (Wildman–Crippen LogP) is 2.57. The van der Waals surface area contributed by atoms with Crippen LogP contribution >= 0.6 is 0 Å². The quantitative estimate of drug-likeness (QED) is 0.907. The summed E-state index contributed by atoms with van der Waals surface area (Å²) in [6.45, 7) is 4.76. The van der Waals surface area contributed by atoms with Crippen LogP contribution in [0.1, 0.15) is 57.3 Å². The highest BCUT2D eigenvalue weighted by molar-refractivity contribution is 4.94. The monoisotopic (exact) mass is 262 g/mol. The minimum Gasteiger partial charge on any atom is -0.316 e. The largest absolute Gasteiger partial charge is 0.316 e. The Morgan fingerprint density at radius 2 is 2.16 bits per heavy atom. The SMILES string of the molecule is CC(Cc1nncn1C1CCCC1)C1CCCNC1. The molecule has 2 unspecified atom stereocenters. The molecule has 4 nitrogen and oxygen atoms in total. The van der Waals surface area contributed by atoms with Crippen molar-refractivity contribution in [3.05, 3.63) is 12.2 Å². The molecular formula is C15H26N4. The van der Waals surface area contributed by atoms with Gasteiger partial charge in [0.2, 0.25) is 0 Å². The molecule has 19 heavy (non-hydrogen) atoms. The summed E-state index contributed by atoms with van der Waals surface area (Å²) in [5.41, 5.74) is 0. The van der Waals surface area contributed by atoms with Crippen molar-refractivity contribution in [3.63, 3.8) is 0 Å². The van der Waals surface area contributed by atoms with Crippen molar-refractivity contribution in [3.8, 4) is 0 Å². The van der Waals surface area contributed by atoms with Crippen LogP contribution in [0.5, 0.6) is 0 Å². The van der Waals surface area contributed by atoms with E-state index in [1.54, 1.807) is 0 Å². The van der Waals surface area contributed by atoms with Crippen molar-refractivity contribution in [1.82, 2.24) is 20.1 Å². The molecule has 2 heterocycles. The molecule has 4 heteroatoms. The molecule has 0 radical (unpaired) electrons. The van der Waals surface area contributed by atoms with Crippen LogP contribution in [0, 0.1) is 11.8 Å². The Bertz CT molecular complexity index is 389. The van der Waals surface area contributed by atoms with Gasteiger partial charge in [-0.3, -0.25) is 0 Å². The van der Waals surface area contributed by atoms with Gasteiger partial charge in [-0.25, -0.2) is 0 Å². The fraction of sp³-hybridized carbons (Fsp3) is 0.867. The van der Waals surface area contributed by atoms with E-state index in [4.69, 9.17) is 0 Å². The van der Waals surface area contributed by atoms with Gasteiger partial charge in [0.15, 0.2) is 0 Å². The lowest BCUT2D eigenvalue weighted by Gasteiger charge is -2.28. The molecule has 1 aromatic rings. The molecule has 1 N–H and O–H groups in total. The van der Waals surface area contributed by atoms with Gasteiger partial charge in [0.05, 0.1) is 0 Å². The van der Waals surface area contributed by atoms with E-state index >= 15 is 0 Å². The second-order valence-corrected chi connectivity index (χ2v) is 6.38. The normalized spacial score (nSPS) is 26.7. The van der Waals surface area contributed by atoms with Crippen LogP contribution in [0.2, 0.25) is 0 Å². The van der Waals surface area contributed by atoms with Gasteiger partial charge >= 0.3 is 0 Å². The van der Waals surface area contributed by atoms with Crippen molar-refractivity contribution in [2.75, 3.05) is 13.1 Å². The first kappa shape index (κ1) is 13.1. The number of hydrogen-bond donors (Lipinski definition) is 1. The predicted molar refractivity (Wildman–Crippen MR) is 76.0 cm³/mol. The van der Waals surface area contributed by atoms with Crippen LogP contribution in [-0.2, 0) is 6.42 Å². The summed E-state index contributed by atoms with van der Waals surface area (Å²) < 4.78 is 2.36. The molecule has 106 valence electrons. The maximum atomic E-state index is 4.39. The van der Waals surface area contributed by atoms with E-state index in [9.17, 15) is 0 Å². The summed E-state index contributed by atoms with van der Waals surface area (Å²) in [4.78, 5) is 0. The summed E-state index contributed by atoms with van der Waals surface area (Å²) in [6.07, 6.45) is 11.1. The average molecular weight is 262 g/mol. The van der Waals surface area contributed by atoms with Gasteiger partial charge in [-0.05, 0) is 50.6 Å². The van der Waals surface area contributed by atoms with Gasteiger partial charge < -0.3 is 9.88 Å². The van der Waals surface area contributed by atoms with Gasteiger partial charge in [0.1, 0.15) is 12.2 Å². The van der Waals surface area contributed by atoms with Gasteiger partial charge in [-0.15, -0.1) is 10.2 Å². The van der Waals surface area contributed by atoms with Crippen molar-refractivity contribution in [1.29, 1.82) is 0 Å². The number of aromatic nitrogens is 3. The number of piperidine rings is 1. The zero-order chi connectivity index (χ0) is 13.1. The first-order valence-corrected chi connectivity index (χ1v) is 7.93. The molecule has 0 bridgehead atoms. The summed E-state index contributed by atoms with van der Waals surface area (Å²) in [6, 6.07) is 0.668. The van der Waals surface area contributed by atoms with Gasteiger partial charge in [-0.2, -0.15) is 0 Å². The number of nitrogens with one attached hydrogen (secondary N) is 1. The van der Waals surface area contributed by atoms with Crippen LogP contribution < -0.4 is 5.32 Å². The lowest BCUT2D eigenvalue weighted by atomic mass is 9.85. The number of hydrogen-bond acceptors (Lipinski definition) is 3. The number of rotatable bonds is 4. The van der Waals surface area contributed by atoms with E-state index in [0.29, 0.717) is 12.0 Å². The van der Waals surface area contributed by atoms with Crippen molar-refractivity contribution < 1.29 is 0 Å². The average Bonchev–Trinajstić information content (AvgIpc) is 3.10. The van der Waals surface area contributed by atoms with E-state index < -0.39 is 0 Å². The minimum atomic E-state index is 0.668. The fourth-order valence-electron chi connectivity index (χ4n) is 3.72. The highest BCUT2D eigenvalue weighted by atomic mass is 15.3. The third-order valence-electron chi connectivity index (χ3n) is 5.01. The lowest BCUT2D eigenvalue weighted by molar-refractivity contribution is 0.272. The maximum Gasteiger partial charge on any atom is 0.133 e. The molecule has 1 saturated carbocycles. The third-order valence-corrected chi connectivity index (χ3v) is 5.01. The minimum absolute atomic E-state index is 0.668. The summed E-state index contributed by atoms with van der Waals surface area (Å²) in [5, 5.41) is 12.1. The van der Waals surface area contributed by atoms with Crippen LogP contribution in [0.3, 0.4) is 0 Å². The van der Waals surface area contributed by atoms with E-state index in [1.807, 2.05) is 6.33 Å². The Labute approximate surface area is 116 Å². The molecule has 1 aliphatic heterocycles. The first-order valence-electron chi connectivity index (χ1n) is 7.93. The summed E-state index contributed by atoms with van der Waals surface area (Å²) in [7, 11) is 0. The van der Waals surface area contributed by atoms with E-state index in [0.717, 1.165) is 12.3 Å². The Morgan fingerprint density at radius 1 is 1.32 bits per heavy atom. The third kappa shape index (κ3) is 2.99. The van der Waals surface area contributed by atoms with Crippen LogP contribution in [0.4, 0.5) is 0 Å². The van der Waals surface area contributed by atoms with Crippen LogP contribution in [-0.4, -0.2) is 27.9 Å².